The molecule has 0 aromatic rings. The highest BCUT2D eigenvalue weighted by molar-refractivity contribution is 5.92. The van der Waals surface area contributed by atoms with E-state index < -0.39 is 10.8 Å². The van der Waals surface area contributed by atoms with Crippen molar-refractivity contribution in [3.63, 3.8) is 0 Å². The van der Waals surface area contributed by atoms with Gasteiger partial charge in [0.15, 0.2) is 5.78 Å². The topological polar surface area (TPSA) is 40.9 Å². The Kier molecular flexibility index (Phi) is 3.11. The van der Waals surface area contributed by atoms with Crippen molar-refractivity contribution in [3.8, 4) is 17.9 Å². The molecule has 20 heavy (non-hydrogen) atoms. The van der Waals surface area contributed by atoms with Gasteiger partial charge in [-0.2, -0.15) is 5.26 Å². The summed E-state index contributed by atoms with van der Waals surface area (Å²) in [6, 6.07) is 2.39. The highest BCUT2D eigenvalue weighted by atomic mass is 16.1. The van der Waals surface area contributed by atoms with Gasteiger partial charge in [-0.15, -0.1) is 0 Å². The summed E-state index contributed by atoms with van der Waals surface area (Å²) in [5, 5.41) is 9.56. The summed E-state index contributed by atoms with van der Waals surface area (Å²) < 4.78 is 0. The number of hydrogen-bond acceptors (Lipinski definition) is 2. The first-order chi connectivity index (χ1) is 8.96. The molecule has 3 atom stereocenters. The number of carbonyl (C=O) groups is 1. The van der Waals surface area contributed by atoms with Crippen molar-refractivity contribution >= 4 is 5.78 Å². The van der Waals surface area contributed by atoms with Crippen LogP contribution in [0.1, 0.15) is 60.8 Å². The Morgan fingerprint density at radius 1 is 1.20 bits per heavy atom. The van der Waals surface area contributed by atoms with Gasteiger partial charge in [0, 0.05) is 11.8 Å². The van der Waals surface area contributed by atoms with Crippen molar-refractivity contribution < 1.29 is 4.79 Å². The molecular formula is C18H25NO. The van der Waals surface area contributed by atoms with Crippen LogP contribution < -0.4 is 0 Å². The minimum atomic E-state index is -0.718. The summed E-state index contributed by atoms with van der Waals surface area (Å²) >= 11 is 0. The Hall–Kier alpha value is -1.28. The van der Waals surface area contributed by atoms with E-state index in [0.717, 1.165) is 12.8 Å². The lowest BCUT2D eigenvalue weighted by Gasteiger charge is -2.61. The van der Waals surface area contributed by atoms with E-state index in [0.29, 0.717) is 6.42 Å². The van der Waals surface area contributed by atoms with Crippen LogP contribution in [0.5, 0.6) is 0 Å². The summed E-state index contributed by atoms with van der Waals surface area (Å²) in [6.45, 7) is 12.3. The number of hydrogen-bond donors (Lipinski definition) is 0. The maximum absolute atomic E-state index is 12.8. The van der Waals surface area contributed by atoms with Gasteiger partial charge in [0.2, 0.25) is 0 Å². The largest absolute Gasteiger partial charge is 0.298 e. The van der Waals surface area contributed by atoms with Gasteiger partial charge in [-0.05, 0) is 51.9 Å². The van der Waals surface area contributed by atoms with Gasteiger partial charge in [0.05, 0.1) is 11.5 Å². The summed E-state index contributed by atoms with van der Waals surface area (Å²) in [5.41, 5.74) is -1.42. The van der Waals surface area contributed by atoms with Crippen molar-refractivity contribution in [2.75, 3.05) is 0 Å². The van der Waals surface area contributed by atoms with Crippen LogP contribution in [0.4, 0.5) is 0 Å². The van der Waals surface area contributed by atoms with Crippen LogP contribution in [-0.4, -0.2) is 5.78 Å². The molecule has 2 aliphatic rings. The lowest BCUT2D eigenvalue weighted by molar-refractivity contribution is -0.161. The molecule has 0 aromatic carbocycles. The van der Waals surface area contributed by atoms with Crippen LogP contribution in [-0.2, 0) is 4.79 Å². The molecule has 2 saturated carbocycles. The predicted octanol–water partition coefficient (Wildman–Crippen LogP) is 3.96. The van der Waals surface area contributed by atoms with Gasteiger partial charge < -0.3 is 0 Å². The molecule has 0 radical (unpaired) electrons. The van der Waals surface area contributed by atoms with E-state index in [1.165, 1.54) is 0 Å². The van der Waals surface area contributed by atoms with Crippen LogP contribution in [0.2, 0.25) is 0 Å². The normalized spacial score (nSPS) is 38.9. The average molecular weight is 271 g/mol. The average Bonchev–Trinajstić information content (AvgIpc) is 2.24. The molecular weight excluding hydrogens is 246 g/mol. The molecule has 0 heterocycles. The van der Waals surface area contributed by atoms with E-state index in [9.17, 15) is 10.1 Å². The van der Waals surface area contributed by atoms with E-state index >= 15 is 0 Å². The van der Waals surface area contributed by atoms with Gasteiger partial charge in [0.1, 0.15) is 5.41 Å². The molecule has 2 rings (SSSR count). The molecule has 0 amide bonds. The van der Waals surface area contributed by atoms with E-state index in [1.807, 2.05) is 27.7 Å². The SMILES string of the molecule is CC(C)(C)C#C[C@@]12C(=O)CC(C)(C)C[C@@H]1C[C@]2(C)C#N. The van der Waals surface area contributed by atoms with Gasteiger partial charge in [0.25, 0.3) is 0 Å². The zero-order valence-corrected chi connectivity index (χ0v) is 13.6. The van der Waals surface area contributed by atoms with Crippen molar-refractivity contribution in [2.45, 2.75) is 60.8 Å². The standard InChI is InChI=1S/C18H25NO/c1-15(2,3)7-8-18-13(10-17(18,6)12-19)9-16(4,5)11-14(18)20/h13H,9-11H2,1-6H3/t13-,17-,18+/m1/s1. The van der Waals surface area contributed by atoms with Crippen molar-refractivity contribution in [1.29, 1.82) is 5.26 Å². The van der Waals surface area contributed by atoms with Gasteiger partial charge >= 0.3 is 0 Å². The molecule has 0 aromatic heterocycles. The Balaban J connectivity index is 2.50. The quantitative estimate of drug-likeness (QED) is 0.626. The summed E-state index contributed by atoms with van der Waals surface area (Å²) in [7, 11) is 0. The maximum atomic E-state index is 12.8. The molecule has 0 aliphatic heterocycles. The Bertz CT molecular complexity index is 549. The molecule has 0 unspecified atom stereocenters. The van der Waals surface area contributed by atoms with Crippen LogP contribution in [0, 0.1) is 50.7 Å². The Morgan fingerprint density at radius 3 is 2.25 bits per heavy atom. The molecule has 2 fully saturated rings. The lowest BCUT2D eigenvalue weighted by Crippen LogP contribution is -2.64. The molecule has 0 bridgehead atoms. The summed E-state index contributed by atoms with van der Waals surface area (Å²) in [4.78, 5) is 12.8. The molecule has 108 valence electrons. The zero-order valence-electron chi connectivity index (χ0n) is 13.6. The number of ketones is 1. The van der Waals surface area contributed by atoms with Crippen LogP contribution in [0.15, 0.2) is 0 Å². The minimum absolute atomic E-state index is 0.0471. The second-order valence-electron chi connectivity index (χ2n) is 8.62. The van der Waals surface area contributed by atoms with Gasteiger partial charge in [-0.25, -0.2) is 0 Å². The van der Waals surface area contributed by atoms with Crippen LogP contribution in [0.25, 0.3) is 0 Å². The first kappa shape index (κ1) is 15.1. The first-order valence-electron chi connectivity index (χ1n) is 7.45. The van der Waals surface area contributed by atoms with E-state index in [1.54, 1.807) is 0 Å². The molecule has 0 spiro atoms. The molecule has 0 saturated heterocycles. The third-order valence-corrected chi connectivity index (χ3v) is 4.90. The number of fused-ring (bicyclic) bond motifs is 1. The lowest BCUT2D eigenvalue weighted by atomic mass is 9.38. The number of nitriles is 1. The second kappa shape index (κ2) is 4.11. The fourth-order valence-corrected chi connectivity index (χ4v) is 3.93. The maximum Gasteiger partial charge on any atom is 0.153 e. The van der Waals surface area contributed by atoms with Gasteiger partial charge in [-0.1, -0.05) is 25.7 Å². The van der Waals surface area contributed by atoms with E-state index in [-0.39, 0.29) is 22.5 Å². The highest BCUT2D eigenvalue weighted by Gasteiger charge is 2.69. The predicted molar refractivity (Wildman–Crippen MR) is 79.5 cm³/mol. The molecule has 2 aliphatic carbocycles. The second-order valence-corrected chi connectivity index (χ2v) is 8.62. The first-order valence-corrected chi connectivity index (χ1v) is 7.45. The summed E-state index contributed by atoms with van der Waals surface area (Å²) in [6.07, 6.45) is 2.34. The number of nitrogens with zero attached hydrogens (tertiary/aromatic N) is 1. The highest BCUT2D eigenvalue weighted by Crippen LogP contribution is 2.67. The number of Topliss-reactive ketones (excluding diaryl/α,β-unsaturated/α-hetero) is 1. The molecule has 2 heteroatoms. The van der Waals surface area contributed by atoms with Crippen molar-refractivity contribution in [2.24, 2.45) is 27.6 Å². The number of carbonyl (C=O) groups excluding carboxylic acids is 1. The zero-order chi connectivity index (χ0) is 15.4. The smallest absolute Gasteiger partial charge is 0.153 e. The number of rotatable bonds is 0. The monoisotopic (exact) mass is 271 g/mol. The molecule has 2 nitrogen and oxygen atoms in total. The summed E-state index contributed by atoms with van der Waals surface area (Å²) in [5.74, 6) is 6.95. The van der Waals surface area contributed by atoms with Crippen molar-refractivity contribution in [1.82, 2.24) is 0 Å². The fourth-order valence-electron chi connectivity index (χ4n) is 3.93. The molecule has 0 N–H and O–H groups in total. The van der Waals surface area contributed by atoms with Crippen molar-refractivity contribution in [3.05, 3.63) is 0 Å². The fraction of sp³-hybridized carbons (Fsp3) is 0.778. The van der Waals surface area contributed by atoms with Gasteiger partial charge in [-0.3, -0.25) is 4.79 Å². The minimum Gasteiger partial charge on any atom is -0.298 e. The third-order valence-electron chi connectivity index (χ3n) is 4.90. The van der Waals surface area contributed by atoms with Crippen LogP contribution >= 0.6 is 0 Å². The van der Waals surface area contributed by atoms with Crippen LogP contribution in [0.3, 0.4) is 0 Å². The third kappa shape index (κ3) is 2.07. The van der Waals surface area contributed by atoms with E-state index in [2.05, 4.69) is 31.8 Å². The van der Waals surface area contributed by atoms with E-state index in [4.69, 9.17) is 0 Å². The Labute approximate surface area is 122 Å². The Morgan fingerprint density at radius 2 is 1.80 bits per heavy atom.